The monoisotopic (exact) mass is 311 g/mol. The van der Waals surface area contributed by atoms with E-state index in [-0.39, 0.29) is 5.54 Å². The Balaban J connectivity index is 3.24. The summed E-state index contributed by atoms with van der Waals surface area (Å²) in [6.45, 7) is 13.7. The van der Waals surface area contributed by atoms with Crippen molar-refractivity contribution in [2.24, 2.45) is 16.8 Å². The average Bonchev–Trinajstić information content (AvgIpc) is 2.38. The van der Waals surface area contributed by atoms with E-state index in [2.05, 4.69) is 51.4 Å². The molecule has 1 fully saturated rings. The highest BCUT2D eigenvalue weighted by molar-refractivity contribution is 8.13. The maximum absolute atomic E-state index is 7.95. The molecule has 1 N–H and O–H groups in total. The Hall–Kier alpha value is -0.510. The van der Waals surface area contributed by atoms with Gasteiger partial charge in [0.2, 0.25) is 0 Å². The summed E-state index contributed by atoms with van der Waals surface area (Å²) >= 11 is 1.42. The lowest BCUT2D eigenvalue weighted by Crippen LogP contribution is -2.63. The number of hydrogen-bond acceptors (Lipinski definition) is 2. The molecule has 122 valence electrons. The fraction of sp³-hybridized carbons (Fsp3) is 0.882. The molecule has 0 amide bonds. The Morgan fingerprint density at radius 2 is 1.81 bits per heavy atom. The molecule has 1 aliphatic carbocycles. The van der Waals surface area contributed by atoms with Gasteiger partial charge in [-0.15, -0.1) is 0 Å². The maximum Gasteiger partial charge on any atom is 0.181 e. The Kier molecular flexibility index (Phi) is 6.76. The van der Waals surface area contributed by atoms with Gasteiger partial charge in [-0.2, -0.15) is 0 Å². The van der Waals surface area contributed by atoms with Gasteiger partial charge < -0.3 is 4.90 Å². The first-order chi connectivity index (χ1) is 9.80. The third-order valence-electron chi connectivity index (χ3n) is 5.16. The highest BCUT2D eigenvalue weighted by atomic mass is 32.2. The number of rotatable bonds is 5. The average molecular weight is 312 g/mol. The summed E-state index contributed by atoms with van der Waals surface area (Å²) in [6.07, 6.45) is 6.66. The van der Waals surface area contributed by atoms with Crippen molar-refractivity contribution in [2.45, 2.75) is 78.8 Å². The number of hydrogen-bond donors (Lipinski definition) is 1. The summed E-state index contributed by atoms with van der Waals surface area (Å²) in [4.78, 5) is 7.22. The second-order valence-corrected chi connectivity index (χ2v) is 7.65. The van der Waals surface area contributed by atoms with Crippen LogP contribution in [0.25, 0.3) is 0 Å². The Morgan fingerprint density at radius 3 is 2.10 bits per heavy atom. The van der Waals surface area contributed by atoms with Gasteiger partial charge in [-0.3, -0.25) is 5.41 Å². The minimum absolute atomic E-state index is 0.247. The zero-order valence-electron chi connectivity index (χ0n) is 14.9. The highest BCUT2D eigenvalue weighted by Gasteiger charge is 2.48. The zero-order valence-corrected chi connectivity index (χ0v) is 15.7. The number of thioether (sulfide) groups is 1. The van der Waals surface area contributed by atoms with Crippen LogP contribution in [0.15, 0.2) is 4.99 Å². The number of nitrogens with zero attached hydrogens (tertiary/aromatic N) is 2. The molecule has 1 saturated carbocycles. The van der Waals surface area contributed by atoms with Crippen LogP contribution in [0.3, 0.4) is 0 Å². The Morgan fingerprint density at radius 1 is 1.24 bits per heavy atom. The van der Waals surface area contributed by atoms with Crippen LogP contribution in [0, 0.1) is 17.2 Å². The minimum Gasteiger partial charge on any atom is -0.351 e. The van der Waals surface area contributed by atoms with Gasteiger partial charge in [-0.25, -0.2) is 4.99 Å². The van der Waals surface area contributed by atoms with Crippen LogP contribution in [0.4, 0.5) is 0 Å². The largest absolute Gasteiger partial charge is 0.351 e. The maximum atomic E-state index is 7.95. The van der Waals surface area contributed by atoms with Gasteiger partial charge in [0.05, 0.1) is 0 Å². The first-order valence-corrected chi connectivity index (χ1v) is 9.52. The van der Waals surface area contributed by atoms with E-state index in [1.807, 2.05) is 6.26 Å². The summed E-state index contributed by atoms with van der Waals surface area (Å²) in [5.74, 6) is 2.30. The number of nitrogens with one attached hydrogen (secondary N) is 1. The highest BCUT2D eigenvalue weighted by Crippen LogP contribution is 2.46. The molecule has 1 unspecified atom stereocenters. The number of amidine groups is 2. The second-order valence-electron chi connectivity index (χ2n) is 6.86. The molecular formula is C17H33N3S. The van der Waals surface area contributed by atoms with Crippen molar-refractivity contribution in [3.05, 3.63) is 0 Å². The molecule has 1 aliphatic rings. The van der Waals surface area contributed by atoms with E-state index in [4.69, 9.17) is 5.41 Å². The zero-order chi connectivity index (χ0) is 16.2. The summed E-state index contributed by atoms with van der Waals surface area (Å²) in [6, 6.07) is 0.459. The summed E-state index contributed by atoms with van der Waals surface area (Å²) in [5, 5.41) is 8.37. The fourth-order valence-electron chi connectivity index (χ4n) is 3.30. The third-order valence-corrected chi connectivity index (χ3v) is 5.64. The van der Waals surface area contributed by atoms with Crippen molar-refractivity contribution < 1.29 is 0 Å². The first kappa shape index (κ1) is 18.5. The van der Waals surface area contributed by atoms with Crippen molar-refractivity contribution in [1.29, 1.82) is 5.41 Å². The fourth-order valence-corrected chi connectivity index (χ4v) is 3.49. The SMILES string of the molecule is CC/C(=N\C(=N)SC)N(C(C)C(C)C)C1(C(C)C)CCC1. The van der Waals surface area contributed by atoms with Crippen LogP contribution < -0.4 is 0 Å². The third kappa shape index (κ3) is 3.82. The Bertz CT molecular complexity index is 383. The normalized spacial score (nSPS) is 19.6. The van der Waals surface area contributed by atoms with Gasteiger partial charge in [-0.1, -0.05) is 46.4 Å². The minimum atomic E-state index is 0.247. The van der Waals surface area contributed by atoms with Crippen LogP contribution in [-0.2, 0) is 0 Å². The van der Waals surface area contributed by atoms with Gasteiger partial charge in [0.1, 0.15) is 5.84 Å². The molecule has 0 aromatic carbocycles. The van der Waals surface area contributed by atoms with E-state index >= 15 is 0 Å². The van der Waals surface area contributed by atoms with Crippen LogP contribution in [0.2, 0.25) is 0 Å². The molecular weight excluding hydrogens is 278 g/mol. The van der Waals surface area contributed by atoms with Crippen LogP contribution in [0.1, 0.15) is 67.2 Å². The lowest BCUT2D eigenvalue weighted by atomic mass is 9.67. The van der Waals surface area contributed by atoms with Crippen molar-refractivity contribution in [3.63, 3.8) is 0 Å². The van der Waals surface area contributed by atoms with Gasteiger partial charge in [0.25, 0.3) is 0 Å². The molecule has 4 heteroatoms. The molecule has 1 rings (SSSR count). The molecule has 3 nitrogen and oxygen atoms in total. The van der Waals surface area contributed by atoms with E-state index in [9.17, 15) is 0 Å². The van der Waals surface area contributed by atoms with E-state index < -0.39 is 0 Å². The van der Waals surface area contributed by atoms with Crippen LogP contribution >= 0.6 is 11.8 Å². The second kappa shape index (κ2) is 7.66. The molecule has 0 aliphatic heterocycles. The van der Waals surface area contributed by atoms with Crippen molar-refractivity contribution in [2.75, 3.05) is 6.26 Å². The lowest BCUT2D eigenvalue weighted by Gasteiger charge is -2.57. The Labute approximate surface area is 135 Å². The quantitative estimate of drug-likeness (QED) is 0.572. The predicted octanol–water partition coefficient (Wildman–Crippen LogP) is 5.02. The van der Waals surface area contributed by atoms with E-state index in [1.54, 1.807) is 0 Å². The molecule has 0 spiro atoms. The van der Waals surface area contributed by atoms with Crippen molar-refractivity contribution in [1.82, 2.24) is 4.90 Å². The topological polar surface area (TPSA) is 39.5 Å². The molecule has 0 radical (unpaired) electrons. The summed E-state index contributed by atoms with van der Waals surface area (Å²) < 4.78 is 0. The molecule has 21 heavy (non-hydrogen) atoms. The van der Waals surface area contributed by atoms with E-state index in [0.717, 1.165) is 12.3 Å². The van der Waals surface area contributed by atoms with E-state index in [0.29, 0.717) is 23.0 Å². The van der Waals surface area contributed by atoms with Crippen molar-refractivity contribution >= 4 is 22.8 Å². The summed E-state index contributed by atoms with van der Waals surface area (Å²) in [5.41, 5.74) is 0.247. The molecule has 0 heterocycles. The lowest BCUT2D eigenvalue weighted by molar-refractivity contribution is -0.00620. The molecule has 0 aromatic rings. The molecule has 0 aromatic heterocycles. The molecule has 0 saturated heterocycles. The van der Waals surface area contributed by atoms with Crippen LogP contribution in [-0.4, -0.2) is 33.7 Å². The van der Waals surface area contributed by atoms with Crippen molar-refractivity contribution in [3.8, 4) is 0 Å². The summed E-state index contributed by atoms with van der Waals surface area (Å²) in [7, 11) is 0. The van der Waals surface area contributed by atoms with Crippen LogP contribution in [0.5, 0.6) is 0 Å². The van der Waals surface area contributed by atoms with Gasteiger partial charge in [0.15, 0.2) is 5.17 Å². The number of aliphatic imine (C=N–C) groups is 1. The smallest absolute Gasteiger partial charge is 0.181 e. The van der Waals surface area contributed by atoms with Gasteiger partial charge in [0, 0.05) is 18.0 Å². The predicted molar refractivity (Wildman–Crippen MR) is 96.5 cm³/mol. The van der Waals surface area contributed by atoms with Gasteiger partial charge in [-0.05, 0) is 44.3 Å². The molecule has 1 atom stereocenters. The molecule has 0 bridgehead atoms. The standard InChI is InChI=1S/C17H33N3S/c1-8-15(19-16(18)21-7)20(14(6)12(2)3)17(13(4)5)10-9-11-17/h12-14,18H,8-11H2,1-7H3/b18-16?,19-15+. The first-order valence-electron chi connectivity index (χ1n) is 8.29. The van der Waals surface area contributed by atoms with Gasteiger partial charge >= 0.3 is 0 Å². The van der Waals surface area contributed by atoms with E-state index in [1.165, 1.54) is 31.0 Å².